The maximum atomic E-state index is 12.5. The molecule has 0 radical (unpaired) electrons. The van der Waals surface area contributed by atoms with Gasteiger partial charge < -0.3 is 18.6 Å². The SMILES string of the molecule is CC1c2ccc(B3OC(C)(C)C(C)(C)O3)n2CCN1C(=O)OC(C)(C)C. The molecule has 0 N–H and O–H groups in total. The van der Waals surface area contributed by atoms with Gasteiger partial charge >= 0.3 is 13.2 Å². The van der Waals surface area contributed by atoms with E-state index in [1.807, 2.05) is 33.8 Å². The van der Waals surface area contributed by atoms with E-state index in [1.165, 1.54) is 0 Å². The first-order valence-corrected chi connectivity index (χ1v) is 9.37. The second-order valence-electron chi connectivity index (χ2n) is 9.27. The number of fused-ring (bicyclic) bond motifs is 1. The quantitative estimate of drug-likeness (QED) is 0.721. The highest BCUT2D eigenvalue weighted by Gasteiger charge is 2.53. The number of carbonyl (C=O) groups excluding carboxylic acids is 1. The van der Waals surface area contributed by atoms with Gasteiger partial charge in [0.2, 0.25) is 0 Å². The van der Waals surface area contributed by atoms with Crippen LogP contribution in [0.5, 0.6) is 0 Å². The monoisotopic (exact) mass is 362 g/mol. The average Bonchev–Trinajstić information content (AvgIpc) is 2.97. The number of aromatic nitrogens is 1. The Kier molecular flexibility index (Phi) is 4.47. The van der Waals surface area contributed by atoms with Crippen LogP contribution in [-0.2, 0) is 20.6 Å². The van der Waals surface area contributed by atoms with Crippen LogP contribution in [0.2, 0.25) is 0 Å². The van der Waals surface area contributed by atoms with Crippen LogP contribution < -0.4 is 5.59 Å². The third-order valence-electron chi connectivity index (χ3n) is 5.63. The van der Waals surface area contributed by atoms with Gasteiger partial charge in [-0.3, -0.25) is 4.90 Å². The van der Waals surface area contributed by atoms with E-state index >= 15 is 0 Å². The summed E-state index contributed by atoms with van der Waals surface area (Å²) < 4.78 is 20.2. The molecule has 1 aromatic heterocycles. The zero-order valence-corrected chi connectivity index (χ0v) is 17.3. The third kappa shape index (κ3) is 3.27. The van der Waals surface area contributed by atoms with E-state index < -0.39 is 12.7 Å². The lowest BCUT2D eigenvalue weighted by molar-refractivity contribution is 0.00578. The Morgan fingerprint density at radius 2 is 1.73 bits per heavy atom. The molecule has 2 aliphatic rings. The number of nitrogens with zero attached hydrogens (tertiary/aromatic N) is 2. The average molecular weight is 362 g/mol. The Balaban J connectivity index is 1.82. The van der Waals surface area contributed by atoms with Crippen molar-refractivity contribution in [3.05, 3.63) is 17.8 Å². The highest BCUT2D eigenvalue weighted by molar-refractivity contribution is 6.61. The zero-order chi connectivity index (χ0) is 19.5. The zero-order valence-electron chi connectivity index (χ0n) is 17.3. The molecule has 1 atom stereocenters. The number of amides is 1. The molecule has 26 heavy (non-hydrogen) atoms. The highest BCUT2D eigenvalue weighted by atomic mass is 16.7. The van der Waals surface area contributed by atoms with Crippen molar-refractivity contribution in [2.24, 2.45) is 0 Å². The van der Waals surface area contributed by atoms with E-state index in [2.05, 4.69) is 38.3 Å². The van der Waals surface area contributed by atoms with Gasteiger partial charge in [-0.1, -0.05) is 0 Å². The largest absolute Gasteiger partial charge is 0.512 e. The molecule has 2 aliphatic heterocycles. The topological polar surface area (TPSA) is 52.9 Å². The maximum Gasteiger partial charge on any atom is 0.512 e. The fraction of sp³-hybridized carbons (Fsp3) is 0.737. The molecule has 1 fully saturated rings. The van der Waals surface area contributed by atoms with Gasteiger partial charge in [-0.05, 0) is 67.5 Å². The summed E-state index contributed by atoms with van der Waals surface area (Å²) in [6.45, 7) is 17.2. The van der Waals surface area contributed by atoms with Gasteiger partial charge in [-0.15, -0.1) is 0 Å². The summed E-state index contributed by atoms with van der Waals surface area (Å²) in [4.78, 5) is 14.3. The van der Waals surface area contributed by atoms with Crippen LogP contribution in [0.15, 0.2) is 12.1 Å². The van der Waals surface area contributed by atoms with Crippen molar-refractivity contribution < 1.29 is 18.8 Å². The Hall–Kier alpha value is -1.47. The van der Waals surface area contributed by atoms with Gasteiger partial charge in [-0.2, -0.15) is 0 Å². The molecule has 1 amide bonds. The fourth-order valence-corrected chi connectivity index (χ4v) is 3.42. The Bertz CT molecular complexity index is 689. The van der Waals surface area contributed by atoms with Crippen molar-refractivity contribution in [2.45, 2.75) is 84.8 Å². The molecule has 0 spiro atoms. The first-order chi connectivity index (χ1) is 11.8. The predicted molar refractivity (Wildman–Crippen MR) is 102 cm³/mol. The molecular weight excluding hydrogens is 331 g/mol. The number of ether oxygens (including phenoxy) is 1. The predicted octanol–water partition coefficient (Wildman–Crippen LogP) is 3.10. The fourth-order valence-electron chi connectivity index (χ4n) is 3.42. The van der Waals surface area contributed by atoms with Gasteiger partial charge in [0.1, 0.15) is 5.60 Å². The third-order valence-corrected chi connectivity index (χ3v) is 5.63. The van der Waals surface area contributed by atoms with Crippen molar-refractivity contribution in [1.82, 2.24) is 9.47 Å². The Labute approximate surface area is 156 Å². The van der Waals surface area contributed by atoms with Gasteiger partial charge in [-0.25, -0.2) is 4.79 Å². The van der Waals surface area contributed by atoms with Crippen molar-refractivity contribution in [2.75, 3.05) is 6.54 Å². The summed E-state index contributed by atoms with van der Waals surface area (Å²) in [6.07, 6.45) is -0.269. The minimum absolute atomic E-state index is 0.0604. The van der Waals surface area contributed by atoms with Crippen molar-refractivity contribution in [3.63, 3.8) is 0 Å². The summed E-state index contributed by atoms with van der Waals surface area (Å²) in [5.74, 6) is 0. The minimum Gasteiger partial charge on any atom is -0.444 e. The molecule has 0 aliphatic carbocycles. The van der Waals surface area contributed by atoms with E-state index in [9.17, 15) is 4.79 Å². The molecule has 1 unspecified atom stereocenters. The lowest BCUT2D eigenvalue weighted by Gasteiger charge is -2.36. The van der Waals surface area contributed by atoms with E-state index in [4.69, 9.17) is 14.0 Å². The molecule has 6 nitrogen and oxygen atoms in total. The maximum absolute atomic E-state index is 12.5. The molecule has 1 saturated heterocycles. The minimum atomic E-state index is -0.496. The Morgan fingerprint density at radius 3 is 2.27 bits per heavy atom. The van der Waals surface area contributed by atoms with E-state index in [0.29, 0.717) is 13.1 Å². The summed E-state index contributed by atoms with van der Waals surface area (Å²) in [5, 5.41) is 0. The van der Waals surface area contributed by atoms with Crippen LogP contribution in [0, 0.1) is 0 Å². The number of rotatable bonds is 1. The van der Waals surface area contributed by atoms with Crippen molar-refractivity contribution in [3.8, 4) is 0 Å². The summed E-state index contributed by atoms with van der Waals surface area (Å²) in [5.41, 5.74) is 0.849. The molecule has 0 aromatic carbocycles. The van der Waals surface area contributed by atoms with Gasteiger partial charge in [0.05, 0.1) is 17.2 Å². The number of carbonyl (C=O) groups is 1. The molecular formula is C19H31BN2O4. The van der Waals surface area contributed by atoms with Crippen molar-refractivity contribution >= 4 is 18.8 Å². The van der Waals surface area contributed by atoms with E-state index in [0.717, 1.165) is 11.3 Å². The molecule has 144 valence electrons. The molecule has 7 heteroatoms. The van der Waals surface area contributed by atoms with E-state index in [1.54, 1.807) is 4.90 Å². The highest BCUT2D eigenvalue weighted by Crippen LogP contribution is 2.37. The summed E-state index contributed by atoms with van der Waals surface area (Å²) >= 11 is 0. The van der Waals surface area contributed by atoms with Crippen molar-refractivity contribution in [1.29, 1.82) is 0 Å². The molecule has 1 aromatic rings. The van der Waals surface area contributed by atoms with Crippen LogP contribution in [-0.4, -0.2) is 46.0 Å². The number of hydrogen-bond acceptors (Lipinski definition) is 4. The molecule has 3 rings (SSSR count). The van der Waals surface area contributed by atoms with Crippen LogP contribution in [0.4, 0.5) is 4.79 Å². The lowest BCUT2D eigenvalue weighted by Crippen LogP contribution is -2.48. The molecule has 0 bridgehead atoms. The lowest BCUT2D eigenvalue weighted by atomic mass is 9.84. The Morgan fingerprint density at radius 1 is 1.15 bits per heavy atom. The summed E-state index contributed by atoms with van der Waals surface area (Å²) in [6, 6.07) is 4.04. The van der Waals surface area contributed by atoms with E-state index in [-0.39, 0.29) is 23.3 Å². The normalized spacial score (nSPS) is 24.5. The van der Waals surface area contributed by atoms with Crippen LogP contribution in [0.3, 0.4) is 0 Å². The second-order valence-corrected chi connectivity index (χ2v) is 9.27. The smallest absolute Gasteiger partial charge is 0.444 e. The second kappa shape index (κ2) is 6.03. The molecule has 0 saturated carbocycles. The van der Waals surface area contributed by atoms with Crippen LogP contribution >= 0.6 is 0 Å². The standard InChI is InChI=1S/C19H31BN2O4/c1-13-14-9-10-15(20-25-18(5,6)19(7,8)26-20)22(14)12-11-21(13)16(23)24-17(2,3)4/h9-10,13H,11-12H2,1-8H3. The molecule has 3 heterocycles. The van der Waals surface area contributed by atoms with Gasteiger partial charge in [0.15, 0.2) is 0 Å². The first-order valence-electron chi connectivity index (χ1n) is 9.37. The first kappa shape index (κ1) is 19.3. The summed E-state index contributed by atoms with van der Waals surface area (Å²) in [7, 11) is -0.394. The van der Waals surface area contributed by atoms with Crippen LogP contribution in [0.1, 0.15) is 67.1 Å². The van der Waals surface area contributed by atoms with Gasteiger partial charge in [0.25, 0.3) is 0 Å². The van der Waals surface area contributed by atoms with Crippen LogP contribution in [0.25, 0.3) is 0 Å². The number of hydrogen-bond donors (Lipinski definition) is 0. The van der Waals surface area contributed by atoms with Gasteiger partial charge in [0, 0.05) is 24.4 Å².